The van der Waals surface area contributed by atoms with Crippen LogP contribution in [0.3, 0.4) is 0 Å². The minimum absolute atomic E-state index is 0.184. The van der Waals surface area contributed by atoms with Crippen LogP contribution in [-0.2, 0) is 31.9 Å². The largest absolute Gasteiger partial charge is 0.497 e. The van der Waals surface area contributed by atoms with E-state index < -0.39 is 8.32 Å². The second-order valence-electron chi connectivity index (χ2n) is 12.7. The monoisotopic (exact) mass is 640 g/mol. The van der Waals surface area contributed by atoms with Crippen LogP contribution < -0.4 is 19.8 Å². The van der Waals surface area contributed by atoms with Gasteiger partial charge in [-0.1, -0.05) is 113 Å². The molecule has 0 aliphatic rings. The summed E-state index contributed by atoms with van der Waals surface area (Å²) in [5, 5.41) is 2.23. The average molecular weight is 641 g/mol. The predicted molar refractivity (Wildman–Crippen MR) is 187 cm³/mol. The molecule has 0 fully saturated rings. The molecule has 0 amide bonds. The van der Waals surface area contributed by atoms with Gasteiger partial charge in [0.05, 0.1) is 46.2 Å². The molecule has 4 aromatic carbocycles. The van der Waals surface area contributed by atoms with Crippen LogP contribution in [0.5, 0.6) is 11.5 Å². The highest BCUT2D eigenvalue weighted by molar-refractivity contribution is 6.99. The Labute approximate surface area is 275 Å². The summed E-state index contributed by atoms with van der Waals surface area (Å²) in [6.45, 7) is 9.80. The zero-order valence-corrected chi connectivity index (χ0v) is 29.0. The topological polar surface area (TPSA) is 63.2 Å². The van der Waals surface area contributed by atoms with E-state index in [2.05, 4.69) is 69.3 Å². The van der Waals surface area contributed by atoms with Crippen molar-refractivity contribution in [3.05, 3.63) is 120 Å². The lowest BCUT2D eigenvalue weighted by Gasteiger charge is -2.44. The van der Waals surface area contributed by atoms with Crippen molar-refractivity contribution in [2.24, 2.45) is 5.92 Å². The highest BCUT2D eigenvalue weighted by Crippen LogP contribution is 2.37. The molecule has 4 rings (SSSR count). The number of ether oxygens (including phenoxy) is 4. The Bertz CT molecular complexity index is 1410. The fourth-order valence-electron chi connectivity index (χ4n) is 5.81. The van der Waals surface area contributed by atoms with Gasteiger partial charge in [0.25, 0.3) is 8.32 Å². The first-order chi connectivity index (χ1) is 22.2. The van der Waals surface area contributed by atoms with Crippen molar-refractivity contribution in [2.75, 3.05) is 20.8 Å². The number of carbonyl (C=O) groups excluding carboxylic acids is 1. The quantitative estimate of drug-likeness (QED) is 0.0917. The van der Waals surface area contributed by atoms with E-state index in [9.17, 15) is 4.79 Å². The molecule has 4 aromatic rings. The molecule has 0 bridgehead atoms. The van der Waals surface area contributed by atoms with Crippen LogP contribution >= 0.6 is 0 Å². The lowest BCUT2D eigenvalue weighted by molar-refractivity contribution is -0.118. The van der Waals surface area contributed by atoms with Crippen molar-refractivity contribution in [3.8, 4) is 11.5 Å². The number of aldehydes is 1. The van der Waals surface area contributed by atoms with Gasteiger partial charge < -0.3 is 28.2 Å². The van der Waals surface area contributed by atoms with Crippen molar-refractivity contribution in [2.45, 2.75) is 64.6 Å². The van der Waals surface area contributed by atoms with Crippen molar-refractivity contribution < 1.29 is 28.2 Å². The summed E-state index contributed by atoms with van der Waals surface area (Å²) in [4.78, 5) is 12.1. The highest BCUT2D eigenvalue weighted by atomic mass is 28.4. The average Bonchev–Trinajstić information content (AvgIpc) is 3.09. The Morgan fingerprint density at radius 2 is 1.13 bits per heavy atom. The zero-order valence-electron chi connectivity index (χ0n) is 28.0. The molecule has 0 aromatic heterocycles. The second-order valence-corrected chi connectivity index (χ2v) is 17.0. The van der Waals surface area contributed by atoms with Gasteiger partial charge in [-0.25, -0.2) is 0 Å². The third kappa shape index (κ3) is 8.95. The maximum absolute atomic E-state index is 12.1. The zero-order chi connectivity index (χ0) is 33.0. The molecule has 7 heteroatoms. The Kier molecular flexibility index (Phi) is 12.7. The first-order valence-corrected chi connectivity index (χ1v) is 17.8. The van der Waals surface area contributed by atoms with Crippen LogP contribution in [0.25, 0.3) is 0 Å². The molecule has 0 saturated carbocycles. The van der Waals surface area contributed by atoms with Gasteiger partial charge in [0.2, 0.25) is 0 Å². The van der Waals surface area contributed by atoms with E-state index in [1.54, 1.807) is 14.2 Å². The van der Waals surface area contributed by atoms with Crippen molar-refractivity contribution in [1.29, 1.82) is 0 Å². The van der Waals surface area contributed by atoms with Gasteiger partial charge in [-0.2, -0.15) is 0 Å². The number of benzene rings is 4. The lowest BCUT2D eigenvalue weighted by atomic mass is 10.00. The number of rotatable bonds is 17. The third-order valence-corrected chi connectivity index (χ3v) is 13.5. The van der Waals surface area contributed by atoms with E-state index in [1.165, 1.54) is 10.4 Å². The first kappa shape index (κ1) is 35.1. The predicted octanol–water partition coefficient (Wildman–Crippen LogP) is 6.98. The number of hydrogen-bond donors (Lipinski definition) is 0. The van der Waals surface area contributed by atoms with E-state index in [-0.39, 0.29) is 23.2 Å². The summed E-state index contributed by atoms with van der Waals surface area (Å²) in [6.07, 6.45) is 0.738. The first-order valence-electron chi connectivity index (χ1n) is 15.9. The molecule has 0 heterocycles. The van der Waals surface area contributed by atoms with Crippen molar-refractivity contribution in [1.82, 2.24) is 0 Å². The summed E-state index contributed by atoms with van der Waals surface area (Å²) in [6, 6.07) is 36.8. The van der Waals surface area contributed by atoms with E-state index >= 15 is 0 Å². The van der Waals surface area contributed by atoms with Crippen LogP contribution in [0.4, 0.5) is 0 Å². The van der Waals surface area contributed by atoms with Crippen LogP contribution in [0, 0.1) is 5.92 Å². The van der Waals surface area contributed by atoms with E-state index in [1.807, 2.05) is 67.6 Å². The van der Waals surface area contributed by atoms with Gasteiger partial charge in [-0.15, -0.1) is 0 Å². The SMILES string of the molecule is COc1ccc(CO[C@@H](CO[Si](c2ccccc2)(c2ccccc2)C(C)(C)C)C[C@@H](OCc2ccc(OC)cc2)[C@@H](C)C=O)cc1. The molecule has 0 aliphatic heterocycles. The summed E-state index contributed by atoms with van der Waals surface area (Å²) in [5.41, 5.74) is 2.03. The summed E-state index contributed by atoms with van der Waals surface area (Å²) in [5.74, 6) is 1.24. The van der Waals surface area contributed by atoms with Gasteiger partial charge in [-0.05, 0) is 50.8 Å². The van der Waals surface area contributed by atoms with Crippen molar-refractivity contribution >= 4 is 25.0 Å². The van der Waals surface area contributed by atoms with Crippen LogP contribution in [0.1, 0.15) is 45.2 Å². The molecular formula is C39H48O6Si. The number of carbonyl (C=O) groups is 1. The minimum atomic E-state index is -2.82. The molecule has 6 nitrogen and oxygen atoms in total. The summed E-state index contributed by atoms with van der Waals surface area (Å²) >= 11 is 0. The fraction of sp³-hybridized carbons (Fsp3) is 0.359. The third-order valence-electron chi connectivity index (χ3n) is 8.47. The normalized spacial score (nSPS) is 13.9. The molecule has 0 aliphatic carbocycles. The molecule has 0 unspecified atom stereocenters. The maximum Gasteiger partial charge on any atom is 0.261 e. The van der Waals surface area contributed by atoms with Gasteiger partial charge in [0.1, 0.15) is 17.8 Å². The van der Waals surface area contributed by atoms with Gasteiger partial charge in [-0.3, -0.25) is 0 Å². The maximum atomic E-state index is 12.1. The number of hydrogen-bond acceptors (Lipinski definition) is 6. The molecule has 244 valence electrons. The molecule has 0 saturated heterocycles. The van der Waals surface area contributed by atoms with Crippen molar-refractivity contribution in [3.63, 3.8) is 0 Å². The molecular weight excluding hydrogens is 593 g/mol. The van der Waals surface area contributed by atoms with E-state index in [4.69, 9.17) is 23.4 Å². The Hall–Kier alpha value is -3.75. The van der Waals surface area contributed by atoms with Gasteiger partial charge in [0.15, 0.2) is 0 Å². The summed E-state index contributed by atoms with van der Waals surface area (Å²) < 4.78 is 31.0. The smallest absolute Gasteiger partial charge is 0.261 e. The molecule has 0 radical (unpaired) electrons. The van der Waals surface area contributed by atoms with Gasteiger partial charge >= 0.3 is 0 Å². The lowest BCUT2D eigenvalue weighted by Crippen LogP contribution is -2.67. The van der Waals surface area contributed by atoms with Crippen LogP contribution in [0.2, 0.25) is 5.04 Å². The molecule has 0 N–H and O–H groups in total. The Morgan fingerprint density at radius 3 is 1.54 bits per heavy atom. The standard InChI is InChI=1S/C39H48O6Si/c1-30(26-40)38(44-28-32-19-23-34(42-6)24-20-32)25-35(43-27-31-17-21-33(41-5)22-18-31)29-45-46(39(2,3)4,36-13-9-7-10-14-36)37-15-11-8-12-16-37/h7-24,26,30,35,38H,25,27-29H2,1-6H3/t30-,35+,38+/m0/s1. The Morgan fingerprint density at radius 1 is 0.674 bits per heavy atom. The molecule has 3 atom stereocenters. The summed E-state index contributed by atoms with van der Waals surface area (Å²) in [7, 11) is 0.486. The fourth-order valence-corrected chi connectivity index (χ4v) is 10.4. The van der Waals surface area contributed by atoms with E-state index in [0.29, 0.717) is 26.2 Å². The van der Waals surface area contributed by atoms with Crippen LogP contribution in [0.15, 0.2) is 109 Å². The minimum Gasteiger partial charge on any atom is -0.497 e. The van der Waals surface area contributed by atoms with Gasteiger partial charge in [0, 0.05) is 12.3 Å². The highest BCUT2D eigenvalue weighted by Gasteiger charge is 2.50. The number of methoxy groups -OCH3 is 2. The molecule has 0 spiro atoms. The molecule has 46 heavy (non-hydrogen) atoms. The van der Waals surface area contributed by atoms with Crippen LogP contribution in [-0.4, -0.2) is 47.6 Å². The van der Waals surface area contributed by atoms with E-state index in [0.717, 1.165) is 28.9 Å². The Balaban J connectivity index is 1.64. The second kappa shape index (κ2) is 16.7.